The highest BCUT2D eigenvalue weighted by molar-refractivity contribution is 5.88. The molecule has 7 heteroatoms. The van der Waals surface area contributed by atoms with Gasteiger partial charge in [-0.25, -0.2) is 4.98 Å². The van der Waals surface area contributed by atoms with E-state index in [4.69, 9.17) is 4.42 Å². The summed E-state index contributed by atoms with van der Waals surface area (Å²) in [6.45, 7) is 3.72. The number of benzene rings is 3. The Morgan fingerprint density at radius 2 is 1.83 bits per heavy atom. The SMILES string of the molecule is Cc1cc(C=Nc2ccc(-c3nc4cc(C)ccc4o3)cc2)c(O)c([N+](=O)[O-])c1. The number of hydrogen-bond acceptors (Lipinski definition) is 6. The fraction of sp³-hybridized carbons (Fsp3) is 0.0909. The molecule has 0 bridgehead atoms. The van der Waals surface area contributed by atoms with Crippen molar-refractivity contribution >= 4 is 28.7 Å². The zero-order valence-corrected chi connectivity index (χ0v) is 15.8. The van der Waals surface area contributed by atoms with Crippen molar-refractivity contribution in [1.82, 2.24) is 4.98 Å². The van der Waals surface area contributed by atoms with Crippen LogP contribution >= 0.6 is 0 Å². The molecule has 29 heavy (non-hydrogen) atoms. The fourth-order valence-electron chi connectivity index (χ4n) is 3.02. The first kappa shape index (κ1) is 18.4. The third-order valence-electron chi connectivity index (χ3n) is 4.47. The maximum absolute atomic E-state index is 11.0. The summed E-state index contributed by atoms with van der Waals surface area (Å²) in [6, 6.07) is 16.0. The van der Waals surface area contributed by atoms with Crippen LogP contribution in [0.4, 0.5) is 11.4 Å². The summed E-state index contributed by atoms with van der Waals surface area (Å²) in [4.78, 5) is 19.2. The number of phenolic OH excluding ortho intramolecular Hbond substituents is 1. The number of fused-ring (bicyclic) bond motifs is 1. The zero-order chi connectivity index (χ0) is 20.5. The van der Waals surface area contributed by atoms with Gasteiger partial charge >= 0.3 is 5.69 Å². The number of aromatic hydroxyl groups is 1. The van der Waals surface area contributed by atoms with E-state index in [-0.39, 0.29) is 11.3 Å². The number of aliphatic imine (C=N–C) groups is 1. The van der Waals surface area contributed by atoms with E-state index in [2.05, 4.69) is 9.98 Å². The van der Waals surface area contributed by atoms with Gasteiger partial charge in [0.05, 0.1) is 10.6 Å². The molecular weight excluding hydrogens is 370 g/mol. The van der Waals surface area contributed by atoms with Gasteiger partial charge in [0.2, 0.25) is 11.6 Å². The van der Waals surface area contributed by atoms with Crippen LogP contribution in [0.3, 0.4) is 0 Å². The molecule has 4 rings (SSSR count). The normalized spacial score (nSPS) is 11.4. The summed E-state index contributed by atoms with van der Waals surface area (Å²) in [6.07, 6.45) is 1.41. The molecule has 0 radical (unpaired) electrons. The van der Waals surface area contributed by atoms with Crippen molar-refractivity contribution in [3.63, 3.8) is 0 Å². The van der Waals surface area contributed by atoms with Gasteiger partial charge in [-0.1, -0.05) is 6.07 Å². The Bertz CT molecular complexity index is 1260. The highest BCUT2D eigenvalue weighted by Gasteiger charge is 2.17. The van der Waals surface area contributed by atoms with Gasteiger partial charge in [-0.3, -0.25) is 15.1 Å². The van der Waals surface area contributed by atoms with Crippen LogP contribution in [-0.2, 0) is 0 Å². The van der Waals surface area contributed by atoms with Gasteiger partial charge in [0.25, 0.3) is 0 Å². The molecule has 144 valence electrons. The van der Waals surface area contributed by atoms with Crippen molar-refractivity contribution < 1.29 is 14.4 Å². The fourth-order valence-corrected chi connectivity index (χ4v) is 3.02. The van der Waals surface area contributed by atoms with Gasteiger partial charge in [-0.15, -0.1) is 0 Å². The second kappa shape index (κ2) is 7.20. The Balaban J connectivity index is 1.60. The average Bonchev–Trinajstić information content (AvgIpc) is 3.11. The number of aromatic nitrogens is 1. The van der Waals surface area contributed by atoms with Gasteiger partial charge in [-0.05, 0) is 67.4 Å². The summed E-state index contributed by atoms with van der Waals surface area (Å²) in [7, 11) is 0. The highest BCUT2D eigenvalue weighted by Crippen LogP contribution is 2.31. The monoisotopic (exact) mass is 387 g/mol. The van der Waals surface area contributed by atoms with Crippen molar-refractivity contribution in [2.24, 2.45) is 4.99 Å². The van der Waals surface area contributed by atoms with E-state index >= 15 is 0 Å². The Morgan fingerprint density at radius 3 is 2.55 bits per heavy atom. The third kappa shape index (κ3) is 3.70. The number of hydrogen-bond donors (Lipinski definition) is 1. The maximum atomic E-state index is 11.0. The molecule has 0 unspecified atom stereocenters. The lowest BCUT2D eigenvalue weighted by atomic mass is 10.1. The number of phenols is 1. The minimum Gasteiger partial charge on any atom is -0.502 e. The van der Waals surface area contributed by atoms with Crippen LogP contribution in [0.15, 0.2) is 64.0 Å². The number of nitro benzene ring substituents is 1. The largest absolute Gasteiger partial charge is 0.502 e. The molecular formula is C22H17N3O4. The van der Waals surface area contributed by atoms with E-state index in [1.165, 1.54) is 12.3 Å². The summed E-state index contributed by atoms with van der Waals surface area (Å²) in [5, 5.41) is 21.1. The first-order valence-electron chi connectivity index (χ1n) is 8.90. The molecule has 0 saturated heterocycles. The van der Waals surface area contributed by atoms with Crippen molar-refractivity contribution in [1.29, 1.82) is 0 Å². The van der Waals surface area contributed by atoms with E-state index in [1.54, 1.807) is 25.1 Å². The summed E-state index contributed by atoms with van der Waals surface area (Å²) < 4.78 is 5.80. The molecule has 1 N–H and O–H groups in total. The van der Waals surface area contributed by atoms with E-state index in [0.29, 0.717) is 17.1 Å². The smallest absolute Gasteiger partial charge is 0.311 e. The van der Waals surface area contributed by atoms with Crippen LogP contribution in [0.25, 0.3) is 22.6 Å². The predicted molar refractivity (Wildman–Crippen MR) is 111 cm³/mol. The van der Waals surface area contributed by atoms with E-state index in [1.807, 2.05) is 37.3 Å². The van der Waals surface area contributed by atoms with Crippen LogP contribution in [-0.4, -0.2) is 21.2 Å². The lowest BCUT2D eigenvalue weighted by Crippen LogP contribution is -1.93. The Morgan fingerprint density at radius 1 is 1.07 bits per heavy atom. The molecule has 0 atom stereocenters. The van der Waals surface area contributed by atoms with Gasteiger partial charge in [0.15, 0.2) is 5.58 Å². The Hall–Kier alpha value is -4.00. The zero-order valence-electron chi connectivity index (χ0n) is 15.8. The molecule has 1 aromatic heterocycles. The van der Waals surface area contributed by atoms with Crippen molar-refractivity contribution in [3.05, 3.63) is 81.4 Å². The number of nitro groups is 1. The number of rotatable bonds is 4. The molecule has 0 aliphatic rings. The maximum Gasteiger partial charge on any atom is 0.311 e. The molecule has 0 fully saturated rings. The molecule has 0 aliphatic carbocycles. The lowest BCUT2D eigenvalue weighted by Gasteiger charge is -2.02. The van der Waals surface area contributed by atoms with Crippen LogP contribution in [0, 0.1) is 24.0 Å². The Labute approximate surface area is 166 Å². The third-order valence-corrected chi connectivity index (χ3v) is 4.47. The van der Waals surface area contributed by atoms with Crippen LogP contribution in [0.5, 0.6) is 5.75 Å². The van der Waals surface area contributed by atoms with E-state index < -0.39 is 10.7 Å². The van der Waals surface area contributed by atoms with Crippen molar-refractivity contribution in [2.45, 2.75) is 13.8 Å². The van der Waals surface area contributed by atoms with Crippen molar-refractivity contribution in [3.8, 4) is 17.2 Å². The quantitative estimate of drug-likeness (QED) is 0.284. The summed E-state index contributed by atoms with van der Waals surface area (Å²) in [5.41, 5.74) is 4.70. The first-order chi connectivity index (χ1) is 13.9. The molecule has 3 aromatic carbocycles. The topological polar surface area (TPSA) is 102 Å². The van der Waals surface area contributed by atoms with Gasteiger partial charge in [0, 0.05) is 23.4 Å². The molecule has 0 saturated carbocycles. The van der Waals surface area contributed by atoms with Gasteiger partial charge in [0.1, 0.15) is 5.52 Å². The van der Waals surface area contributed by atoms with Crippen LogP contribution < -0.4 is 0 Å². The second-order valence-electron chi connectivity index (χ2n) is 6.77. The lowest BCUT2D eigenvalue weighted by molar-refractivity contribution is -0.385. The molecule has 7 nitrogen and oxygen atoms in total. The van der Waals surface area contributed by atoms with Gasteiger partial charge in [-0.2, -0.15) is 0 Å². The number of nitrogens with zero attached hydrogens (tertiary/aromatic N) is 3. The molecule has 4 aromatic rings. The summed E-state index contributed by atoms with van der Waals surface area (Å²) >= 11 is 0. The minimum absolute atomic E-state index is 0.287. The van der Waals surface area contributed by atoms with Gasteiger partial charge < -0.3 is 9.52 Å². The highest BCUT2D eigenvalue weighted by atomic mass is 16.6. The average molecular weight is 387 g/mol. The predicted octanol–water partition coefficient (Wildman–Crippen LogP) is 5.48. The van der Waals surface area contributed by atoms with Crippen LogP contribution in [0.1, 0.15) is 16.7 Å². The minimum atomic E-state index is -0.615. The van der Waals surface area contributed by atoms with Crippen molar-refractivity contribution in [2.75, 3.05) is 0 Å². The van der Waals surface area contributed by atoms with Crippen LogP contribution in [0.2, 0.25) is 0 Å². The number of oxazole rings is 1. The molecule has 0 spiro atoms. The molecule has 0 aliphatic heterocycles. The number of aryl methyl sites for hydroxylation is 2. The first-order valence-corrected chi connectivity index (χ1v) is 8.90. The standard InChI is InChI=1S/C22H17N3O4/c1-13-3-8-20-18(10-13)24-22(29-20)15-4-6-17(7-5-15)23-12-16-9-14(2)11-19(21(16)26)25(27)28/h3-12,26H,1-2H3. The summed E-state index contributed by atoms with van der Waals surface area (Å²) in [5.74, 6) is 0.121. The Kier molecular flexibility index (Phi) is 4.56. The molecule has 0 amide bonds. The van der Waals surface area contributed by atoms with E-state index in [9.17, 15) is 15.2 Å². The second-order valence-corrected chi connectivity index (χ2v) is 6.77. The molecule has 1 heterocycles. The van der Waals surface area contributed by atoms with E-state index in [0.717, 1.165) is 22.2 Å².